The van der Waals surface area contributed by atoms with E-state index in [1.54, 1.807) is 0 Å². The second-order valence-corrected chi connectivity index (χ2v) is 2.10. The van der Waals surface area contributed by atoms with Crippen LogP contribution in [0.15, 0.2) is 17.9 Å². The minimum Gasteiger partial charge on any atom is -0.348 e. The minimum atomic E-state index is -0.262. The molecule has 0 unspecified atom stereocenters. The Labute approximate surface area is 68.5 Å². The first kappa shape index (κ1) is 10.4. The van der Waals surface area contributed by atoms with E-state index >= 15 is 0 Å². The van der Waals surface area contributed by atoms with Gasteiger partial charge < -0.3 is 9.47 Å². The van der Waals surface area contributed by atoms with Crippen LogP contribution >= 0.6 is 0 Å². The summed E-state index contributed by atoms with van der Waals surface area (Å²) in [5.41, 5.74) is 3.65. The van der Waals surface area contributed by atoms with Crippen molar-refractivity contribution in [2.75, 3.05) is 13.2 Å². The summed E-state index contributed by atoms with van der Waals surface area (Å²) in [5.74, 6) is 0. The maximum absolute atomic E-state index is 5.27. The Morgan fingerprint density at radius 1 is 1.36 bits per heavy atom. The highest BCUT2D eigenvalue weighted by Gasteiger charge is 2.08. The van der Waals surface area contributed by atoms with E-state index in [4.69, 9.17) is 9.47 Å². The van der Waals surface area contributed by atoms with Crippen LogP contribution in [0.1, 0.15) is 20.8 Å². The quantitative estimate of drug-likeness (QED) is 0.448. The zero-order valence-corrected chi connectivity index (χ0v) is 7.52. The molecule has 0 rings (SSSR count). The fourth-order valence-corrected chi connectivity index (χ4v) is 0.684. The molecule has 0 bridgehead atoms. The van der Waals surface area contributed by atoms with Gasteiger partial charge >= 0.3 is 0 Å². The third-order valence-corrected chi connectivity index (χ3v) is 1.27. The van der Waals surface area contributed by atoms with Gasteiger partial charge in [-0.25, -0.2) is 0 Å². The fraction of sp³-hybridized carbons (Fsp3) is 0.667. The lowest BCUT2D eigenvalue weighted by Gasteiger charge is -2.15. The van der Waals surface area contributed by atoms with Crippen LogP contribution in [0.5, 0.6) is 0 Å². The molecule has 0 aliphatic rings. The van der Waals surface area contributed by atoms with Gasteiger partial charge in [0, 0.05) is 18.8 Å². The van der Waals surface area contributed by atoms with Gasteiger partial charge in [0.25, 0.3) is 0 Å². The summed E-state index contributed by atoms with van der Waals surface area (Å²) in [4.78, 5) is 0. The highest BCUT2D eigenvalue weighted by Crippen LogP contribution is 2.05. The van der Waals surface area contributed by atoms with Crippen molar-refractivity contribution in [1.82, 2.24) is 0 Å². The van der Waals surface area contributed by atoms with Crippen LogP contribution in [0.25, 0.3) is 0 Å². The van der Waals surface area contributed by atoms with Gasteiger partial charge in [0.05, 0.1) is 0 Å². The number of hydrogen-bond acceptors (Lipinski definition) is 2. The molecule has 11 heavy (non-hydrogen) atoms. The summed E-state index contributed by atoms with van der Waals surface area (Å²) in [6.45, 7) is 10.6. The first-order chi connectivity index (χ1) is 5.26. The van der Waals surface area contributed by atoms with Gasteiger partial charge in [0.1, 0.15) is 0 Å². The number of hydrogen-bond donors (Lipinski definition) is 0. The fourth-order valence-electron chi connectivity index (χ4n) is 0.684. The van der Waals surface area contributed by atoms with Crippen LogP contribution in [-0.2, 0) is 9.47 Å². The van der Waals surface area contributed by atoms with Gasteiger partial charge in [-0.15, -0.1) is 5.73 Å². The smallest absolute Gasteiger partial charge is 0.186 e. The predicted molar refractivity (Wildman–Crippen MR) is 45.4 cm³/mol. The molecule has 0 radical (unpaired) electrons. The molecule has 64 valence electrons. The van der Waals surface area contributed by atoms with Crippen LogP contribution in [0.4, 0.5) is 0 Å². The second kappa shape index (κ2) is 6.17. The number of ether oxygens (including phenoxy) is 2. The Morgan fingerprint density at radius 2 is 1.82 bits per heavy atom. The van der Waals surface area contributed by atoms with Crippen molar-refractivity contribution < 1.29 is 9.47 Å². The molecule has 0 amide bonds. The van der Waals surface area contributed by atoms with E-state index in [1.807, 2.05) is 20.8 Å². The molecule has 0 aliphatic carbocycles. The maximum atomic E-state index is 5.27. The molecular weight excluding hydrogens is 140 g/mol. The molecule has 0 spiro atoms. The van der Waals surface area contributed by atoms with Crippen molar-refractivity contribution in [2.45, 2.75) is 27.1 Å². The molecule has 2 heteroatoms. The van der Waals surface area contributed by atoms with Crippen LogP contribution < -0.4 is 0 Å². The van der Waals surface area contributed by atoms with Gasteiger partial charge in [0.2, 0.25) is 0 Å². The summed E-state index contributed by atoms with van der Waals surface area (Å²) >= 11 is 0. The van der Waals surface area contributed by atoms with Crippen LogP contribution in [0, 0.1) is 0 Å². The second-order valence-electron chi connectivity index (χ2n) is 2.10. The molecule has 0 fully saturated rings. The molecule has 0 saturated carbocycles. The Balaban J connectivity index is 3.97. The predicted octanol–water partition coefficient (Wildman–Crippen LogP) is 2.12. The Bertz CT molecular complexity index is 140. The van der Waals surface area contributed by atoms with Gasteiger partial charge in [-0.2, -0.15) is 0 Å². The summed E-state index contributed by atoms with van der Waals surface area (Å²) < 4.78 is 10.5. The first-order valence-corrected chi connectivity index (χ1v) is 3.86. The Morgan fingerprint density at radius 3 is 2.09 bits per heavy atom. The topological polar surface area (TPSA) is 18.5 Å². The van der Waals surface area contributed by atoms with E-state index in [0.29, 0.717) is 13.2 Å². The average molecular weight is 156 g/mol. The van der Waals surface area contributed by atoms with E-state index in [0.717, 1.165) is 5.57 Å². The Hall–Kier alpha value is -0.560. The lowest BCUT2D eigenvalue weighted by atomic mass is 10.3. The van der Waals surface area contributed by atoms with Crippen LogP contribution in [0.3, 0.4) is 0 Å². The zero-order chi connectivity index (χ0) is 8.69. The normalized spacial score (nSPS) is 9.82. The Kier molecular flexibility index (Phi) is 5.86. The monoisotopic (exact) mass is 156 g/mol. The van der Waals surface area contributed by atoms with E-state index in [9.17, 15) is 0 Å². The highest BCUT2D eigenvalue weighted by atomic mass is 16.7. The molecule has 2 nitrogen and oxygen atoms in total. The van der Waals surface area contributed by atoms with Crippen molar-refractivity contribution in [1.29, 1.82) is 0 Å². The van der Waals surface area contributed by atoms with E-state index < -0.39 is 0 Å². The molecule has 0 aliphatic heterocycles. The van der Waals surface area contributed by atoms with E-state index in [1.165, 1.54) is 0 Å². The SMILES string of the molecule is C=C=C(C)C(OCC)OCC. The molecule has 0 aromatic rings. The molecule has 0 saturated heterocycles. The van der Waals surface area contributed by atoms with Gasteiger partial charge in [-0.1, -0.05) is 6.58 Å². The molecule has 0 aromatic carbocycles. The lowest BCUT2D eigenvalue weighted by molar-refractivity contribution is -0.111. The minimum absolute atomic E-state index is 0.262. The lowest BCUT2D eigenvalue weighted by Crippen LogP contribution is -2.18. The van der Waals surface area contributed by atoms with Crippen molar-refractivity contribution in [2.24, 2.45) is 0 Å². The van der Waals surface area contributed by atoms with E-state index in [2.05, 4.69) is 12.3 Å². The van der Waals surface area contributed by atoms with Crippen molar-refractivity contribution >= 4 is 0 Å². The average Bonchev–Trinajstić information content (AvgIpc) is 2.03. The molecule has 0 aromatic heterocycles. The van der Waals surface area contributed by atoms with Gasteiger partial charge in [0.15, 0.2) is 6.29 Å². The van der Waals surface area contributed by atoms with Crippen molar-refractivity contribution in [3.8, 4) is 0 Å². The van der Waals surface area contributed by atoms with Crippen LogP contribution in [0.2, 0.25) is 0 Å². The molecular formula is C9H16O2. The van der Waals surface area contributed by atoms with Gasteiger partial charge in [-0.05, 0) is 20.8 Å². The third kappa shape index (κ3) is 3.99. The third-order valence-electron chi connectivity index (χ3n) is 1.27. The first-order valence-electron chi connectivity index (χ1n) is 3.86. The number of rotatable bonds is 5. The van der Waals surface area contributed by atoms with Crippen LogP contribution in [-0.4, -0.2) is 19.5 Å². The van der Waals surface area contributed by atoms with Gasteiger partial charge in [-0.3, -0.25) is 0 Å². The van der Waals surface area contributed by atoms with Crippen molar-refractivity contribution in [3.05, 3.63) is 17.9 Å². The summed E-state index contributed by atoms with van der Waals surface area (Å²) in [6.07, 6.45) is -0.262. The summed E-state index contributed by atoms with van der Waals surface area (Å²) in [5, 5.41) is 0. The van der Waals surface area contributed by atoms with Crippen molar-refractivity contribution in [3.63, 3.8) is 0 Å². The largest absolute Gasteiger partial charge is 0.348 e. The molecule has 0 atom stereocenters. The van der Waals surface area contributed by atoms with E-state index in [-0.39, 0.29) is 6.29 Å². The maximum Gasteiger partial charge on any atom is 0.186 e. The highest BCUT2D eigenvalue weighted by molar-refractivity contribution is 4.98. The molecule has 0 heterocycles. The zero-order valence-electron chi connectivity index (χ0n) is 7.52. The summed E-state index contributed by atoms with van der Waals surface area (Å²) in [7, 11) is 0. The summed E-state index contributed by atoms with van der Waals surface area (Å²) in [6, 6.07) is 0. The standard InChI is InChI=1S/C9H16O2/c1-5-8(4)9(10-6-2)11-7-3/h9H,1,6-7H2,2-4H3. The molecule has 0 N–H and O–H groups in total.